The number of hydrogen-bond donors (Lipinski definition) is 0. The first-order valence-corrected chi connectivity index (χ1v) is 13.5. The summed E-state index contributed by atoms with van der Waals surface area (Å²) < 4.78 is 0. The number of benzene rings is 1. The Bertz CT molecular complexity index is 387. The molecular formula is C11H9Cl4NSe. The van der Waals surface area contributed by atoms with Gasteiger partial charge in [-0.1, -0.05) is 36.4 Å². The van der Waals surface area contributed by atoms with Crippen molar-refractivity contribution < 1.29 is 0 Å². The van der Waals surface area contributed by atoms with E-state index in [0.29, 0.717) is 0 Å². The summed E-state index contributed by atoms with van der Waals surface area (Å²) in [6.45, 7) is 0. The van der Waals surface area contributed by atoms with Gasteiger partial charge in [0.05, 0.1) is 0 Å². The Morgan fingerprint density at radius 3 is 1.76 bits per heavy atom. The summed E-state index contributed by atoms with van der Waals surface area (Å²) in [5, 5.41) is 0. The molecule has 1 aromatic carbocycles. The van der Waals surface area contributed by atoms with Gasteiger partial charge in [0.1, 0.15) is 0 Å². The Labute approximate surface area is 120 Å². The zero-order valence-electron chi connectivity index (χ0n) is 8.56. The summed E-state index contributed by atoms with van der Waals surface area (Å²) in [4.78, 5) is 4.06. The Hall–Kier alpha value is 0.0495. The molecule has 17 heavy (non-hydrogen) atoms. The van der Waals surface area contributed by atoms with Crippen LogP contribution in [0.5, 0.6) is 0 Å². The van der Waals surface area contributed by atoms with E-state index in [1.807, 2.05) is 30.5 Å². The third-order valence-electron chi connectivity index (χ3n) is 1.77. The van der Waals surface area contributed by atoms with E-state index in [9.17, 15) is 0 Å². The van der Waals surface area contributed by atoms with Gasteiger partial charge in [0, 0.05) is 12.4 Å². The van der Waals surface area contributed by atoms with Crippen LogP contribution in [0.3, 0.4) is 0 Å². The molecule has 0 saturated carbocycles. The van der Waals surface area contributed by atoms with Gasteiger partial charge in [-0.2, -0.15) is 0 Å². The molecule has 0 radical (unpaired) electrons. The Morgan fingerprint density at radius 1 is 0.765 bits per heavy atom. The third kappa shape index (κ3) is 7.88. The summed E-state index contributed by atoms with van der Waals surface area (Å²) in [5.74, 6) is 0. The molecule has 0 aliphatic rings. The Morgan fingerprint density at radius 2 is 1.29 bits per heavy atom. The second-order valence-corrected chi connectivity index (χ2v) is 19.0. The second kappa shape index (κ2) is 7.48. The SMILES string of the molecule is Cl[Se](Cl)(Cl)Cl.c1ccc(-c2cccnc2)cc1. The first-order chi connectivity index (χ1) is 7.97. The van der Waals surface area contributed by atoms with Crippen LogP contribution in [0.2, 0.25) is 0 Å². The summed E-state index contributed by atoms with van der Waals surface area (Å²) in [6, 6.07) is 14.2. The monoisotopic (exact) mass is 375 g/mol. The van der Waals surface area contributed by atoms with Gasteiger partial charge in [0.2, 0.25) is 0 Å². The second-order valence-electron chi connectivity index (χ2n) is 2.96. The van der Waals surface area contributed by atoms with Crippen LogP contribution in [0.4, 0.5) is 0 Å². The molecule has 0 aliphatic heterocycles. The van der Waals surface area contributed by atoms with Gasteiger partial charge in [0.15, 0.2) is 0 Å². The zero-order valence-corrected chi connectivity index (χ0v) is 13.3. The molecular weight excluding hydrogens is 367 g/mol. The number of halogens is 4. The predicted molar refractivity (Wildman–Crippen MR) is 78.8 cm³/mol. The van der Waals surface area contributed by atoms with Crippen molar-refractivity contribution in [1.29, 1.82) is 0 Å². The van der Waals surface area contributed by atoms with Crippen LogP contribution in [-0.2, 0) is 0 Å². The molecule has 1 nitrogen and oxygen atoms in total. The third-order valence-corrected chi connectivity index (χ3v) is 1.77. The van der Waals surface area contributed by atoms with Gasteiger partial charge in [-0.05, 0) is 17.2 Å². The molecule has 6 heteroatoms. The number of nitrogens with zero attached hydrogens (tertiary/aromatic N) is 1. The molecule has 1 aromatic heterocycles. The van der Waals surface area contributed by atoms with E-state index in [1.54, 1.807) is 6.20 Å². The summed E-state index contributed by atoms with van der Waals surface area (Å²) in [5.41, 5.74) is 2.38. The van der Waals surface area contributed by atoms with Crippen molar-refractivity contribution in [1.82, 2.24) is 4.98 Å². The van der Waals surface area contributed by atoms with Crippen molar-refractivity contribution in [3.63, 3.8) is 0 Å². The van der Waals surface area contributed by atoms with Gasteiger partial charge in [-0.3, -0.25) is 4.98 Å². The van der Waals surface area contributed by atoms with E-state index in [1.165, 1.54) is 5.56 Å². The molecule has 0 amide bonds. The van der Waals surface area contributed by atoms with Crippen LogP contribution < -0.4 is 0 Å². The Balaban J connectivity index is 0.000000249. The molecule has 92 valence electrons. The molecule has 0 spiro atoms. The fraction of sp³-hybridized carbons (Fsp3) is 0. The van der Waals surface area contributed by atoms with E-state index >= 15 is 0 Å². The van der Waals surface area contributed by atoms with Gasteiger partial charge in [0.25, 0.3) is 0 Å². The quantitative estimate of drug-likeness (QED) is 0.630. The normalized spacial score (nSPS) is 11.3. The fourth-order valence-corrected chi connectivity index (χ4v) is 1.16. The van der Waals surface area contributed by atoms with Crippen LogP contribution in [0.25, 0.3) is 11.1 Å². The van der Waals surface area contributed by atoms with E-state index in [0.717, 1.165) is 5.56 Å². The van der Waals surface area contributed by atoms with Gasteiger partial charge in [-0.15, -0.1) is 0 Å². The molecule has 0 bridgehead atoms. The summed E-state index contributed by atoms with van der Waals surface area (Å²) in [6.07, 6.45) is 3.65. The minimum Gasteiger partial charge on any atom is -0.264 e. The molecule has 0 unspecified atom stereocenters. The zero-order chi connectivity index (χ0) is 12.7. The molecule has 1 heterocycles. The van der Waals surface area contributed by atoms with Crippen molar-refractivity contribution in [2.45, 2.75) is 0 Å². The molecule has 0 saturated heterocycles. The number of pyridine rings is 1. The van der Waals surface area contributed by atoms with Crippen LogP contribution >= 0.6 is 40.4 Å². The van der Waals surface area contributed by atoms with Crippen molar-refractivity contribution in [2.75, 3.05) is 0 Å². The molecule has 2 aromatic rings. The number of hydrogen-bond acceptors (Lipinski definition) is 1. The Kier molecular flexibility index (Phi) is 6.64. The fourth-order valence-electron chi connectivity index (χ4n) is 1.16. The van der Waals surface area contributed by atoms with Crippen molar-refractivity contribution in [3.05, 3.63) is 54.9 Å². The maximum absolute atomic E-state index is 4.98. The van der Waals surface area contributed by atoms with Crippen molar-refractivity contribution in [2.24, 2.45) is 0 Å². The van der Waals surface area contributed by atoms with E-state index in [4.69, 9.17) is 40.4 Å². The molecule has 0 atom stereocenters. The maximum Gasteiger partial charge on any atom is 0.0346 e. The first-order valence-electron chi connectivity index (χ1n) is 4.54. The predicted octanol–water partition coefficient (Wildman–Crippen LogP) is 5.13. The van der Waals surface area contributed by atoms with Gasteiger partial charge >= 0.3 is 49.6 Å². The van der Waals surface area contributed by atoms with Crippen LogP contribution in [0.15, 0.2) is 54.9 Å². The average molecular weight is 376 g/mol. The van der Waals surface area contributed by atoms with Gasteiger partial charge < -0.3 is 0 Å². The molecule has 0 N–H and O–H groups in total. The van der Waals surface area contributed by atoms with Crippen molar-refractivity contribution in [3.8, 4) is 11.1 Å². The minimum absolute atomic E-state index is 1.16. The standard InChI is InChI=1S/C11H9N.Cl4Se/c1-2-5-10(6-3-1)11-7-4-8-12-9-11;1-5(2,3)4/h1-9H;. The molecule has 0 aliphatic carbocycles. The van der Waals surface area contributed by atoms with Crippen LogP contribution in [0, 0.1) is 0 Å². The van der Waals surface area contributed by atoms with Crippen molar-refractivity contribution >= 4 is 49.6 Å². The number of aromatic nitrogens is 1. The molecule has 2 rings (SSSR count). The summed E-state index contributed by atoms with van der Waals surface area (Å²) >= 11 is 0. The maximum atomic E-state index is 4.98. The number of rotatable bonds is 1. The minimum atomic E-state index is -2.86. The van der Waals surface area contributed by atoms with E-state index in [2.05, 4.69) is 23.2 Å². The van der Waals surface area contributed by atoms with E-state index in [-0.39, 0.29) is 0 Å². The average Bonchev–Trinajstić information content (AvgIpc) is 2.29. The summed E-state index contributed by atoms with van der Waals surface area (Å²) in [7, 11) is 17.1. The molecule has 0 fully saturated rings. The largest absolute Gasteiger partial charge is 0.264 e. The van der Waals surface area contributed by atoms with Crippen LogP contribution in [0.1, 0.15) is 0 Å². The first kappa shape index (κ1) is 15.1. The van der Waals surface area contributed by atoms with E-state index < -0.39 is 9.20 Å². The van der Waals surface area contributed by atoms with Crippen LogP contribution in [-0.4, -0.2) is 14.2 Å². The van der Waals surface area contributed by atoms with Gasteiger partial charge in [-0.25, -0.2) is 0 Å². The topological polar surface area (TPSA) is 12.9 Å². The smallest absolute Gasteiger partial charge is 0.0346 e.